The van der Waals surface area contributed by atoms with E-state index in [0.717, 1.165) is 17.0 Å². The van der Waals surface area contributed by atoms with Crippen LogP contribution in [0.2, 0.25) is 0 Å². The van der Waals surface area contributed by atoms with Gasteiger partial charge in [-0.3, -0.25) is 9.69 Å². The monoisotopic (exact) mass is 368 g/mol. The molecule has 0 saturated carbocycles. The SMILES string of the molecule is CCOC(=O)[C@H]1[C@@H]2NC(=S)N(c3ccccc3)[C@@]1(C)Oc1ccccc12. The second-order valence-electron chi connectivity index (χ2n) is 6.52. The number of hydrogen-bond acceptors (Lipinski definition) is 4. The molecule has 2 aliphatic rings. The summed E-state index contributed by atoms with van der Waals surface area (Å²) in [4.78, 5) is 14.8. The number of carbonyl (C=O) groups excluding carboxylic acids is 1. The molecular weight excluding hydrogens is 348 g/mol. The molecule has 0 aliphatic carbocycles. The minimum Gasteiger partial charge on any atom is -0.466 e. The Morgan fingerprint density at radius 1 is 1.23 bits per heavy atom. The predicted molar refractivity (Wildman–Crippen MR) is 103 cm³/mol. The summed E-state index contributed by atoms with van der Waals surface area (Å²) in [6.45, 7) is 4.02. The van der Waals surface area contributed by atoms with Crippen molar-refractivity contribution < 1.29 is 14.3 Å². The third kappa shape index (κ3) is 2.44. The molecule has 0 aromatic heterocycles. The van der Waals surface area contributed by atoms with Crippen LogP contribution in [0.5, 0.6) is 5.75 Å². The molecule has 3 atom stereocenters. The number of para-hydroxylation sites is 2. The molecule has 1 fully saturated rings. The molecule has 4 rings (SSSR count). The van der Waals surface area contributed by atoms with Gasteiger partial charge in [-0.25, -0.2) is 0 Å². The number of nitrogens with one attached hydrogen (secondary N) is 1. The van der Waals surface area contributed by atoms with E-state index in [1.807, 2.05) is 66.4 Å². The molecule has 26 heavy (non-hydrogen) atoms. The molecule has 0 spiro atoms. The van der Waals surface area contributed by atoms with E-state index in [-0.39, 0.29) is 12.0 Å². The quantitative estimate of drug-likeness (QED) is 0.662. The molecule has 0 radical (unpaired) electrons. The molecule has 1 N–H and O–H groups in total. The minimum absolute atomic E-state index is 0.295. The highest BCUT2D eigenvalue weighted by Gasteiger charge is 2.59. The highest BCUT2D eigenvalue weighted by atomic mass is 32.1. The fourth-order valence-electron chi connectivity index (χ4n) is 3.89. The highest BCUT2D eigenvalue weighted by Crippen LogP contribution is 2.49. The Kier molecular flexibility index (Phi) is 4.07. The number of nitrogens with zero attached hydrogens (tertiary/aromatic N) is 1. The Labute approximate surface area is 157 Å². The molecule has 0 amide bonds. The minimum atomic E-state index is -0.991. The first kappa shape index (κ1) is 16.8. The molecule has 2 aromatic rings. The molecule has 6 heteroatoms. The third-order valence-electron chi connectivity index (χ3n) is 4.96. The van der Waals surface area contributed by atoms with Crippen LogP contribution in [0.4, 0.5) is 5.69 Å². The van der Waals surface area contributed by atoms with Crippen LogP contribution in [-0.4, -0.2) is 23.4 Å². The van der Waals surface area contributed by atoms with Crippen LogP contribution in [0.25, 0.3) is 0 Å². The Balaban J connectivity index is 1.89. The van der Waals surface area contributed by atoms with E-state index in [9.17, 15) is 4.79 Å². The molecule has 2 bridgehead atoms. The van der Waals surface area contributed by atoms with Gasteiger partial charge in [0, 0.05) is 11.3 Å². The molecule has 0 unspecified atom stereocenters. The number of anilines is 1. The molecule has 5 nitrogen and oxygen atoms in total. The summed E-state index contributed by atoms with van der Waals surface area (Å²) in [7, 11) is 0. The van der Waals surface area contributed by atoms with Gasteiger partial charge in [0.25, 0.3) is 0 Å². The van der Waals surface area contributed by atoms with E-state index in [1.165, 1.54) is 0 Å². The van der Waals surface area contributed by atoms with Crippen LogP contribution < -0.4 is 15.0 Å². The van der Waals surface area contributed by atoms with Crippen LogP contribution >= 0.6 is 12.2 Å². The van der Waals surface area contributed by atoms with Gasteiger partial charge in [0.1, 0.15) is 11.7 Å². The van der Waals surface area contributed by atoms with E-state index >= 15 is 0 Å². The molecule has 2 aliphatic heterocycles. The maximum atomic E-state index is 12.9. The second kappa shape index (κ2) is 6.29. The van der Waals surface area contributed by atoms with Crippen LogP contribution in [-0.2, 0) is 9.53 Å². The van der Waals surface area contributed by atoms with Gasteiger partial charge < -0.3 is 14.8 Å². The Hall–Kier alpha value is -2.60. The standard InChI is InChI=1S/C20H20N2O3S/c1-3-24-18(23)16-17-14-11-7-8-12-15(14)25-20(16,2)22(19(26)21-17)13-9-5-4-6-10-13/h4-12,16-17H,3H2,1-2H3,(H,21,26)/t16-,17-,20+/m1/s1. The summed E-state index contributed by atoms with van der Waals surface area (Å²) in [5.41, 5.74) is 0.785. The summed E-state index contributed by atoms with van der Waals surface area (Å²) >= 11 is 5.65. The van der Waals surface area contributed by atoms with Crippen molar-refractivity contribution in [2.75, 3.05) is 11.5 Å². The van der Waals surface area contributed by atoms with Crippen molar-refractivity contribution in [2.45, 2.75) is 25.6 Å². The lowest BCUT2D eigenvalue weighted by Gasteiger charge is -2.55. The molecule has 2 aromatic carbocycles. The van der Waals surface area contributed by atoms with Gasteiger partial charge in [-0.2, -0.15) is 0 Å². The lowest BCUT2D eigenvalue weighted by Crippen LogP contribution is -2.71. The Morgan fingerprint density at radius 3 is 2.65 bits per heavy atom. The van der Waals surface area contributed by atoms with Gasteiger partial charge >= 0.3 is 5.97 Å². The summed E-state index contributed by atoms with van der Waals surface area (Å²) in [6.07, 6.45) is 0. The van der Waals surface area contributed by atoms with Gasteiger partial charge in [0.15, 0.2) is 5.11 Å². The van der Waals surface area contributed by atoms with Crippen molar-refractivity contribution in [3.63, 3.8) is 0 Å². The van der Waals surface area contributed by atoms with Gasteiger partial charge in [0.2, 0.25) is 5.72 Å². The number of carbonyl (C=O) groups is 1. The lowest BCUT2D eigenvalue weighted by molar-refractivity contribution is -0.159. The topological polar surface area (TPSA) is 50.8 Å². The number of thiocarbonyl (C=S) groups is 1. The number of fused-ring (bicyclic) bond motifs is 4. The van der Waals surface area contributed by atoms with E-state index < -0.39 is 11.6 Å². The molecule has 2 heterocycles. The Morgan fingerprint density at radius 2 is 1.92 bits per heavy atom. The van der Waals surface area contributed by atoms with Crippen LogP contribution in [0.3, 0.4) is 0 Å². The zero-order valence-electron chi connectivity index (χ0n) is 14.6. The number of esters is 1. The normalized spacial score (nSPS) is 26.4. The van der Waals surface area contributed by atoms with Gasteiger partial charge in [0.05, 0.1) is 12.6 Å². The van der Waals surface area contributed by atoms with Crippen molar-refractivity contribution in [1.29, 1.82) is 0 Å². The first-order valence-corrected chi connectivity index (χ1v) is 9.07. The van der Waals surface area contributed by atoms with Crippen LogP contribution in [0.1, 0.15) is 25.5 Å². The summed E-state index contributed by atoms with van der Waals surface area (Å²) in [5, 5.41) is 3.87. The number of hydrogen-bond donors (Lipinski definition) is 1. The summed E-state index contributed by atoms with van der Waals surface area (Å²) < 4.78 is 11.8. The lowest BCUT2D eigenvalue weighted by atomic mass is 9.79. The Bertz CT molecular complexity index is 857. The third-order valence-corrected chi connectivity index (χ3v) is 5.26. The van der Waals surface area contributed by atoms with Crippen LogP contribution in [0, 0.1) is 5.92 Å². The number of benzene rings is 2. The zero-order valence-corrected chi connectivity index (χ0v) is 15.5. The summed E-state index contributed by atoms with van der Waals surface area (Å²) in [5.74, 6) is -0.119. The molecule has 134 valence electrons. The number of rotatable bonds is 3. The second-order valence-corrected chi connectivity index (χ2v) is 6.91. The van der Waals surface area contributed by atoms with E-state index in [2.05, 4.69) is 5.32 Å². The largest absolute Gasteiger partial charge is 0.466 e. The van der Waals surface area contributed by atoms with Crippen molar-refractivity contribution in [2.24, 2.45) is 5.92 Å². The predicted octanol–water partition coefficient (Wildman–Crippen LogP) is 3.41. The van der Waals surface area contributed by atoms with Crippen molar-refractivity contribution in [3.8, 4) is 5.75 Å². The summed E-state index contributed by atoms with van der Waals surface area (Å²) in [6, 6.07) is 17.1. The van der Waals surface area contributed by atoms with Gasteiger partial charge in [-0.15, -0.1) is 0 Å². The van der Waals surface area contributed by atoms with Crippen molar-refractivity contribution >= 4 is 29.0 Å². The average molecular weight is 368 g/mol. The molecule has 1 saturated heterocycles. The molecular formula is C20H20N2O3S. The maximum Gasteiger partial charge on any atom is 0.317 e. The zero-order chi connectivity index (χ0) is 18.3. The first-order valence-electron chi connectivity index (χ1n) is 8.66. The average Bonchev–Trinajstić information content (AvgIpc) is 2.62. The highest BCUT2D eigenvalue weighted by molar-refractivity contribution is 7.80. The van der Waals surface area contributed by atoms with Gasteiger partial charge in [-0.1, -0.05) is 36.4 Å². The number of ether oxygens (including phenoxy) is 2. The smallest absolute Gasteiger partial charge is 0.317 e. The van der Waals surface area contributed by atoms with Gasteiger partial charge in [-0.05, 0) is 44.3 Å². The van der Waals surface area contributed by atoms with Crippen molar-refractivity contribution in [3.05, 3.63) is 60.2 Å². The van der Waals surface area contributed by atoms with Crippen molar-refractivity contribution in [1.82, 2.24) is 5.32 Å². The van der Waals surface area contributed by atoms with E-state index in [0.29, 0.717) is 11.7 Å². The van der Waals surface area contributed by atoms with E-state index in [1.54, 1.807) is 6.92 Å². The maximum absolute atomic E-state index is 12.9. The fourth-order valence-corrected chi connectivity index (χ4v) is 4.30. The fraction of sp³-hybridized carbons (Fsp3) is 0.300. The first-order chi connectivity index (χ1) is 12.6. The van der Waals surface area contributed by atoms with E-state index in [4.69, 9.17) is 21.7 Å². The van der Waals surface area contributed by atoms with Crippen LogP contribution in [0.15, 0.2) is 54.6 Å².